The van der Waals surface area contributed by atoms with Gasteiger partial charge in [0.1, 0.15) is 5.75 Å². The molecular weight excluding hydrogens is 212 g/mol. The number of benzene rings is 1. The standard InChI is InChI=1S/C15H17O2/c1-3-9-15(12-16,10-4-2)11-13-5-7-14(17)8-6-13/h3-8,17H,1-2,9-11H2. The van der Waals surface area contributed by atoms with Gasteiger partial charge in [0, 0.05) is 5.41 Å². The van der Waals surface area contributed by atoms with Gasteiger partial charge in [-0.3, -0.25) is 4.79 Å². The van der Waals surface area contributed by atoms with Crippen LogP contribution in [-0.2, 0) is 11.2 Å². The van der Waals surface area contributed by atoms with Crippen LogP contribution < -0.4 is 0 Å². The molecule has 0 fully saturated rings. The summed E-state index contributed by atoms with van der Waals surface area (Å²) in [5.41, 5.74) is 0.412. The Kier molecular flexibility index (Phi) is 4.70. The number of carbonyl (C=O) groups excluding carboxylic acids is 1. The summed E-state index contributed by atoms with van der Waals surface area (Å²) in [5.74, 6) is 0.224. The van der Waals surface area contributed by atoms with Gasteiger partial charge in [-0.05, 0) is 37.0 Å². The van der Waals surface area contributed by atoms with E-state index in [0.29, 0.717) is 19.3 Å². The third-order valence-electron chi connectivity index (χ3n) is 2.77. The summed E-state index contributed by atoms with van der Waals surface area (Å²) in [6.45, 7) is 7.36. The highest BCUT2D eigenvalue weighted by Gasteiger charge is 2.28. The highest BCUT2D eigenvalue weighted by atomic mass is 16.3. The molecule has 0 saturated heterocycles. The lowest BCUT2D eigenvalue weighted by Gasteiger charge is -2.24. The van der Waals surface area contributed by atoms with E-state index in [9.17, 15) is 9.90 Å². The van der Waals surface area contributed by atoms with Crippen molar-refractivity contribution in [3.63, 3.8) is 0 Å². The zero-order valence-electron chi connectivity index (χ0n) is 9.86. The third kappa shape index (κ3) is 3.59. The van der Waals surface area contributed by atoms with Crippen molar-refractivity contribution in [3.8, 4) is 5.75 Å². The van der Waals surface area contributed by atoms with Crippen LogP contribution in [0.15, 0.2) is 49.6 Å². The molecule has 2 nitrogen and oxygen atoms in total. The van der Waals surface area contributed by atoms with E-state index in [0.717, 1.165) is 5.56 Å². The predicted octanol–water partition coefficient (Wildman–Crippen LogP) is 3.18. The SMILES string of the molecule is C=CCC([C]=O)(CC=C)Cc1ccc(O)cc1. The zero-order valence-corrected chi connectivity index (χ0v) is 9.86. The van der Waals surface area contributed by atoms with Crippen LogP contribution in [0.5, 0.6) is 5.75 Å². The van der Waals surface area contributed by atoms with E-state index >= 15 is 0 Å². The minimum Gasteiger partial charge on any atom is -0.508 e. The summed E-state index contributed by atoms with van der Waals surface area (Å²) in [7, 11) is 0. The van der Waals surface area contributed by atoms with E-state index in [4.69, 9.17) is 0 Å². The Morgan fingerprint density at radius 1 is 1.18 bits per heavy atom. The van der Waals surface area contributed by atoms with Crippen LogP contribution in [0, 0.1) is 5.41 Å². The number of hydrogen-bond donors (Lipinski definition) is 1. The summed E-state index contributed by atoms with van der Waals surface area (Å²) < 4.78 is 0. The summed E-state index contributed by atoms with van der Waals surface area (Å²) >= 11 is 0. The molecule has 0 aromatic heterocycles. The van der Waals surface area contributed by atoms with Gasteiger partial charge < -0.3 is 5.11 Å². The van der Waals surface area contributed by atoms with E-state index in [1.54, 1.807) is 24.3 Å². The van der Waals surface area contributed by atoms with Gasteiger partial charge in [0.25, 0.3) is 0 Å². The largest absolute Gasteiger partial charge is 0.508 e. The predicted molar refractivity (Wildman–Crippen MR) is 69.6 cm³/mol. The molecule has 89 valence electrons. The summed E-state index contributed by atoms with van der Waals surface area (Å²) in [4.78, 5) is 11.2. The quantitative estimate of drug-likeness (QED) is 0.729. The Hall–Kier alpha value is -1.83. The van der Waals surface area contributed by atoms with Crippen molar-refractivity contribution >= 4 is 6.29 Å². The zero-order chi connectivity index (χ0) is 12.7. The fourth-order valence-corrected chi connectivity index (χ4v) is 1.90. The van der Waals surface area contributed by atoms with Gasteiger partial charge in [-0.15, -0.1) is 13.2 Å². The smallest absolute Gasteiger partial charge is 0.206 e. The van der Waals surface area contributed by atoms with Crippen LogP contribution in [0.4, 0.5) is 0 Å². The van der Waals surface area contributed by atoms with Crippen molar-refractivity contribution in [1.29, 1.82) is 0 Å². The summed E-state index contributed by atoms with van der Waals surface area (Å²) in [6, 6.07) is 6.86. The molecular formula is C15H17O2. The molecule has 0 spiro atoms. The molecule has 1 radical (unpaired) electrons. The molecule has 0 aliphatic rings. The Bertz CT molecular complexity index is 380. The molecule has 17 heavy (non-hydrogen) atoms. The summed E-state index contributed by atoms with van der Waals surface area (Å²) in [6.07, 6.45) is 7.31. The highest BCUT2D eigenvalue weighted by molar-refractivity contribution is 5.62. The van der Waals surface area contributed by atoms with Crippen molar-refractivity contribution in [3.05, 3.63) is 55.1 Å². The molecule has 1 aromatic rings. The van der Waals surface area contributed by atoms with Crippen LogP contribution in [0.1, 0.15) is 18.4 Å². The van der Waals surface area contributed by atoms with Crippen LogP contribution in [0.2, 0.25) is 0 Å². The first kappa shape index (κ1) is 13.2. The van der Waals surface area contributed by atoms with Crippen LogP contribution in [-0.4, -0.2) is 11.4 Å². The van der Waals surface area contributed by atoms with E-state index < -0.39 is 5.41 Å². The van der Waals surface area contributed by atoms with E-state index in [1.807, 2.05) is 12.1 Å². The first-order valence-corrected chi connectivity index (χ1v) is 5.55. The number of allylic oxidation sites excluding steroid dienone is 2. The van der Waals surface area contributed by atoms with Crippen molar-refractivity contribution in [2.24, 2.45) is 5.41 Å². The second-order valence-electron chi connectivity index (χ2n) is 4.21. The van der Waals surface area contributed by atoms with E-state index in [-0.39, 0.29) is 5.75 Å². The van der Waals surface area contributed by atoms with Gasteiger partial charge >= 0.3 is 0 Å². The number of hydrogen-bond acceptors (Lipinski definition) is 2. The fraction of sp³-hybridized carbons (Fsp3) is 0.267. The highest BCUT2D eigenvalue weighted by Crippen LogP contribution is 2.30. The van der Waals surface area contributed by atoms with E-state index in [2.05, 4.69) is 19.4 Å². The number of rotatable bonds is 7. The molecule has 1 N–H and O–H groups in total. The van der Waals surface area contributed by atoms with Gasteiger partial charge in [0.05, 0.1) is 0 Å². The van der Waals surface area contributed by atoms with Crippen molar-refractivity contribution in [2.45, 2.75) is 19.3 Å². The topological polar surface area (TPSA) is 37.3 Å². The minimum atomic E-state index is -0.583. The molecule has 2 heteroatoms. The van der Waals surface area contributed by atoms with Crippen molar-refractivity contribution < 1.29 is 9.90 Å². The molecule has 0 saturated carbocycles. The van der Waals surface area contributed by atoms with Gasteiger partial charge in [0.15, 0.2) is 0 Å². The van der Waals surface area contributed by atoms with Crippen molar-refractivity contribution in [1.82, 2.24) is 0 Å². The Morgan fingerprint density at radius 2 is 1.71 bits per heavy atom. The molecule has 1 rings (SSSR count). The second-order valence-corrected chi connectivity index (χ2v) is 4.21. The normalized spacial score (nSPS) is 10.8. The van der Waals surface area contributed by atoms with Crippen LogP contribution >= 0.6 is 0 Å². The average molecular weight is 229 g/mol. The van der Waals surface area contributed by atoms with Crippen LogP contribution in [0.25, 0.3) is 0 Å². The number of aromatic hydroxyl groups is 1. The monoisotopic (exact) mass is 229 g/mol. The molecule has 1 aromatic carbocycles. The van der Waals surface area contributed by atoms with E-state index in [1.165, 1.54) is 0 Å². The molecule has 0 atom stereocenters. The first-order chi connectivity index (χ1) is 8.15. The second kappa shape index (κ2) is 6.04. The van der Waals surface area contributed by atoms with Gasteiger partial charge in [0.2, 0.25) is 6.29 Å². The van der Waals surface area contributed by atoms with Crippen LogP contribution in [0.3, 0.4) is 0 Å². The Labute approximate surface area is 102 Å². The van der Waals surface area contributed by atoms with Gasteiger partial charge in [-0.25, -0.2) is 0 Å². The maximum Gasteiger partial charge on any atom is 0.206 e. The van der Waals surface area contributed by atoms with Crippen molar-refractivity contribution in [2.75, 3.05) is 0 Å². The fourth-order valence-electron chi connectivity index (χ4n) is 1.90. The molecule has 0 unspecified atom stereocenters. The Morgan fingerprint density at radius 3 is 2.12 bits per heavy atom. The lowest BCUT2D eigenvalue weighted by Crippen LogP contribution is -2.24. The first-order valence-electron chi connectivity index (χ1n) is 5.55. The molecule has 0 aliphatic heterocycles. The maximum absolute atomic E-state index is 11.2. The number of phenolic OH excluding ortho intramolecular Hbond substituents is 1. The molecule has 0 amide bonds. The average Bonchev–Trinajstić information content (AvgIpc) is 2.33. The lowest BCUT2D eigenvalue weighted by atomic mass is 9.77. The molecule has 0 aliphatic carbocycles. The Balaban J connectivity index is 2.91. The minimum absolute atomic E-state index is 0.224. The molecule has 0 bridgehead atoms. The van der Waals surface area contributed by atoms with Gasteiger partial charge in [-0.2, -0.15) is 0 Å². The third-order valence-corrected chi connectivity index (χ3v) is 2.77. The number of phenols is 1. The van der Waals surface area contributed by atoms with Gasteiger partial charge in [-0.1, -0.05) is 24.3 Å². The lowest BCUT2D eigenvalue weighted by molar-refractivity contribution is 0.388. The molecule has 0 heterocycles. The summed E-state index contributed by atoms with van der Waals surface area (Å²) in [5, 5.41) is 9.21. The maximum atomic E-state index is 11.2.